The van der Waals surface area contributed by atoms with Gasteiger partial charge < -0.3 is 0 Å². The second-order valence-electron chi connectivity index (χ2n) is 8.96. The molecule has 0 unspecified atom stereocenters. The highest BCUT2D eigenvalue weighted by atomic mass is 32.2. The van der Waals surface area contributed by atoms with Crippen molar-refractivity contribution >= 4 is 9.84 Å². The van der Waals surface area contributed by atoms with Crippen LogP contribution in [0.3, 0.4) is 0 Å². The monoisotopic (exact) mass is 469 g/mol. The number of piperazine rings is 1. The van der Waals surface area contributed by atoms with Crippen LogP contribution in [0.5, 0.6) is 0 Å². The standard InChI is InChI=1S/C23H31N7O2S/c1-18(2)22(29-13-11-28(12-14-29)16-20-5-4-10-24-15-20)23-25-26-27-30(23)17-33(31,32)21-8-6-19(3)7-9-21/h4-10,15,18,22H,11-14,16-17H2,1-3H3/t22-/m0/s1. The van der Waals surface area contributed by atoms with E-state index < -0.39 is 9.84 Å². The van der Waals surface area contributed by atoms with Crippen LogP contribution in [-0.4, -0.2) is 69.6 Å². The van der Waals surface area contributed by atoms with E-state index in [2.05, 4.69) is 50.2 Å². The summed E-state index contributed by atoms with van der Waals surface area (Å²) in [6, 6.07) is 10.9. The van der Waals surface area contributed by atoms with Gasteiger partial charge in [-0.3, -0.25) is 14.8 Å². The minimum atomic E-state index is -3.57. The van der Waals surface area contributed by atoms with Crippen molar-refractivity contribution in [1.82, 2.24) is 35.0 Å². The third-order valence-corrected chi connectivity index (χ3v) is 7.63. The van der Waals surface area contributed by atoms with Gasteiger partial charge in [0.15, 0.2) is 21.5 Å². The molecule has 0 spiro atoms. The van der Waals surface area contributed by atoms with Gasteiger partial charge in [-0.15, -0.1) is 5.10 Å². The van der Waals surface area contributed by atoms with E-state index in [1.165, 1.54) is 10.2 Å². The Morgan fingerprint density at radius 2 is 1.76 bits per heavy atom. The fraction of sp³-hybridized carbons (Fsp3) is 0.478. The predicted octanol–water partition coefficient (Wildman–Crippen LogP) is 2.32. The van der Waals surface area contributed by atoms with Crippen LogP contribution >= 0.6 is 0 Å². The largest absolute Gasteiger partial charge is 0.296 e. The van der Waals surface area contributed by atoms with Gasteiger partial charge in [-0.1, -0.05) is 37.6 Å². The SMILES string of the molecule is Cc1ccc(S(=O)(=O)Cn2nnnc2[C@H](C(C)C)N2CCN(Cc3cccnc3)CC2)cc1. The van der Waals surface area contributed by atoms with Crippen LogP contribution in [0.1, 0.15) is 36.8 Å². The summed E-state index contributed by atoms with van der Waals surface area (Å²) in [5.74, 6) is 0.547. The number of rotatable bonds is 8. The van der Waals surface area contributed by atoms with E-state index in [4.69, 9.17) is 0 Å². The molecule has 0 amide bonds. The first-order valence-corrected chi connectivity index (χ1v) is 12.9. The summed E-state index contributed by atoms with van der Waals surface area (Å²) >= 11 is 0. The van der Waals surface area contributed by atoms with E-state index in [-0.39, 0.29) is 22.7 Å². The summed E-state index contributed by atoms with van der Waals surface area (Å²) in [6.45, 7) is 10.6. The van der Waals surface area contributed by atoms with Gasteiger partial charge in [0.25, 0.3) is 0 Å². The molecule has 9 nitrogen and oxygen atoms in total. The second kappa shape index (κ2) is 10.1. The van der Waals surface area contributed by atoms with Gasteiger partial charge in [0.05, 0.1) is 10.9 Å². The lowest BCUT2D eigenvalue weighted by molar-refractivity contribution is 0.0665. The molecule has 1 saturated heterocycles. The molecule has 3 heterocycles. The Hall–Kier alpha value is -2.69. The Morgan fingerprint density at radius 3 is 2.39 bits per heavy atom. The molecule has 3 aromatic rings. The first kappa shape index (κ1) is 23.5. The van der Waals surface area contributed by atoms with Gasteiger partial charge in [-0.25, -0.2) is 13.1 Å². The maximum atomic E-state index is 13.0. The molecule has 0 aliphatic carbocycles. The topological polar surface area (TPSA) is 97.1 Å². The van der Waals surface area contributed by atoms with Crippen LogP contribution in [0.25, 0.3) is 0 Å². The predicted molar refractivity (Wildman–Crippen MR) is 125 cm³/mol. The van der Waals surface area contributed by atoms with Gasteiger partial charge in [-0.05, 0) is 47.0 Å². The number of sulfone groups is 1. The Bertz CT molecular complexity index is 1140. The van der Waals surface area contributed by atoms with Gasteiger partial charge in [0, 0.05) is 45.1 Å². The number of pyridine rings is 1. The number of aromatic nitrogens is 5. The zero-order valence-corrected chi connectivity index (χ0v) is 20.2. The molecule has 0 bridgehead atoms. The van der Waals surface area contributed by atoms with E-state index in [1.807, 2.05) is 19.2 Å². The number of nitrogens with zero attached hydrogens (tertiary/aromatic N) is 7. The normalized spacial score (nSPS) is 16.8. The summed E-state index contributed by atoms with van der Waals surface area (Å²) in [4.78, 5) is 9.26. The minimum Gasteiger partial charge on any atom is -0.296 e. The number of hydrogen-bond acceptors (Lipinski definition) is 8. The molecule has 33 heavy (non-hydrogen) atoms. The fourth-order valence-electron chi connectivity index (χ4n) is 4.33. The third-order valence-electron chi connectivity index (χ3n) is 6.06. The Labute approximate surface area is 195 Å². The van der Waals surface area contributed by atoms with Crippen molar-refractivity contribution in [3.8, 4) is 0 Å². The summed E-state index contributed by atoms with van der Waals surface area (Å²) in [5.41, 5.74) is 2.22. The third kappa shape index (κ3) is 5.63. The van der Waals surface area contributed by atoms with Crippen molar-refractivity contribution < 1.29 is 8.42 Å². The van der Waals surface area contributed by atoms with Gasteiger partial charge in [-0.2, -0.15) is 0 Å². The minimum absolute atomic E-state index is 0.0613. The van der Waals surface area contributed by atoms with Crippen LogP contribution in [-0.2, 0) is 22.3 Å². The lowest BCUT2D eigenvalue weighted by Gasteiger charge is -2.40. The van der Waals surface area contributed by atoms with Crippen LogP contribution in [0.2, 0.25) is 0 Å². The molecule has 1 aliphatic heterocycles. The van der Waals surface area contributed by atoms with Crippen LogP contribution in [0.4, 0.5) is 0 Å². The van der Waals surface area contributed by atoms with Crippen molar-refractivity contribution in [3.05, 3.63) is 65.7 Å². The zero-order valence-electron chi connectivity index (χ0n) is 19.4. The molecule has 0 N–H and O–H groups in total. The molecular formula is C23H31N7O2S. The van der Waals surface area contributed by atoms with Crippen molar-refractivity contribution in [3.63, 3.8) is 0 Å². The van der Waals surface area contributed by atoms with Crippen LogP contribution in [0, 0.1) is 12.8 Å². The van der Waals surface area contributed by atoms with E-state index >= 15 is 0 Å². The smallest absolute Gasteiger partial charge is 0.198 e. The second-order valence-corrected chi connectivity index (χ2v) is 10.9. The summed E-state index contributed by atoms with van der Waals surface area (Å²) in [6.07, 6.45) is 3.70. The molecule has 0 radical (unpaired) electrons. The number of aryl methyl sites for hydroxylation is 1. The molecule has 4 rings (SSSR count). The molecule has 2 aromatic heterocycles. The average Bonchev–Trinajstić information content (AvgIpc) is 3.22. The van der Waals surface area contributed by atoms with Gasteiger partial charge in [0.1, 0.15) is 0 Å². The molecule has 1 aliphatic rings. The van der Waals surface area contributed by atoms with Gasteiger partial charge in [0.2, 0.25) is 0 Å². The molecule has 10 heteroatoms. The Kier molecular flexibility index (Phi) is 7.16. The Morgan fingerprint density at radius 1 is 1.03 bits per heavy atom. The highest BCUT2D eigenvalue weighted by Crippen LogP contribution is 2.28. The summed E-state index contributed by atoms with van der Waals surface area (Å²) in [7, 11) is -3.57. The maximum absolute atomic E-state index is 13.0. The van der Waals surface area contributed by atoms with E-state index in [9.17, 15) is 8.42 Å². The van der Waals surface area contributed by atoms with Gasteiger partial charge >= 0.3 is 0 Å². The fourth-order valence-corrected chi connectivity index (χ4v) is 5.53. The highest BCUT2D eigenvalue weighted by molar-refractivity contribution is 7.90. The summed E-state index contributed by atoms with van der Waals surface area (Å²) < 4.78 is 27.5. The zero-order chi connectivity index (χ0) is 23.4. The molecule has 1 fully saturated rings. The first-order chi connectivity index (χ1) is 15.8. The lowest BCUT2D eigenvalue weighted by atomic mass is 10.0. The lowest BCUT2D eigenvalue weighted by Crippen LogP contribution is -2.48. The first-order valence-electron chi connectivity index (χ1n) is 11.2. The molecule has 176 valence electrons. The van der Waals surface area contributed by atoms with Crippen molar-refractivity contribution in [2.75, 3.05) is 26.2 Å². The maximum Gasteiger partial charge on any atom is 0.198 e. The Balaban J connectivity index is 1.47. The van der Waals surface area contributed by atoms with Crippen molar-refractivity contribution in [2.24, 2.45) is 5.92 Å². The molecular weight excluding hydrogens is 438 g/mol. The molecule has 1 atom stereocenters. The van der Waals surface area contributed by atoms with E-state index in [0.717, 1.165) is 38.3 Å². The van der Waals surface area contributed by atoms with E-state index in [0.29, 0.717) is 5.82 Å². The highest BCUT2D eigenvalue weighted by Gasteiger charge is 2.32. The summed E-state index contributed by atoms with van der Waals surface area (Å²) in [5, 5.41) is 12.1. The van der Waals surface area contributed by atoms with Crippen LogP contribution in [0.15, 0.2) is 53.7 Å². The number of tetrazole rings is 1. The molecule has 1 aromatic carbocycles. The number of hydrogen-bond donors (Lipinski definition) is 0. The van der Waals surface area contributed by atoms with Crippen molar-refractivity contribution in [1.29, 1.82) is 0 Å². The van der Waals surface area contributed by atoms with Crippen molar-refractivity contribution in [2.45, 2.75) is 44.1 Å². The molecule has 0 saturated carbocycles. The van der Waals surface area contributed by atoms with E-state index in [1.54, 1.807) is 30.5 Å². The quantitative estimate of drug-likeness (QED) is 0.496. The average molecular weight is 470 g/mol. The number of benzene rings is 1. The van der Waals surface area contributed by atoms with Crippen LogP contribution < -0.4 is 0 Å².